The van der Waals surface area contributed by atoms with E-state index in [1.165, 1.54) is 42.3 Å². The number of nitrogen functional groups attached to an aromatic ring is 1. The molecule has 1 saturated heterocycles. The van der Waals surface area contributed by atoms with Gasteiger partial charge in [0.1, 0.15) is 5.82 Å². The molecule has 5 rings (SSSR count). The Kier molecular flexibility index (Phi) is 5.06. The smallest absolute Gasteiger partial charge is 0.253 e. The molecule has 2 heterocycles. The van der Waals surface area contributed by atoms with Gasteiger partial charge in [0.05, 0.1) is 11.4 Å². The third-order valence-electron chi connectivity index (χ3n) is 6.42. The van der Waals surface area contributed by atoms with Crippen molar-refractivity contribution >= 4 is 34.7 Å². The van der Waals surface area contributed by atoms with Crippen molar-refractivity contribution in [1.82, 2.24) is 4.90 Å². The largest absolute Gasteiger partial charge is 0.397 e. The Hall–Kier alpha value is -3.06. The van der Waals surface area contributed by atoms with Crippen LogP contribution in [0.15, 0.2) is 35.9 Å². The first kappa shape index (κ1) is 19.9. The van der Waals surface area contributed by atoms with Gasteiger partial charge in [0.2, 0.25) is 0 Å². The molecule has 7 heteroatoms. The number of anilines is 4. The second kappa shape index (κ2) is 7.89. The monoisotopic (exact) mass is 421 g/mol. The van der Waals surface area contributed by atoms with E-state index in [1.807, 2.05) is 6.08 Å². The predicted molar refractivity (Wildman–Crippen MR) is 124 cm³/mol. The fraction of sp³-hybridized carbons (Fsp3) is 0.375. The Morgan fingerprint density at radius 2 is 1.94 bits per heavy atom. The van der Waals surface area contributed by atoms with Gasteiger partial charge < -0.3 is 26.2 Å². The highest BCUT2D eigenvalue weighted by atomic mass is 19.1. The summed E-state index contributed by atoms with van der Waals surface area (Å²) in [6.07, 6.45) is 4.40. The third kappa shape index (κ3) is 3.97. The van der Waals surface area contributed by atoms with Crippen LogP contribution in [-0.4, -0.2) is 50.6 Å². The van der Waals surface area contributed by atoms with E-state index < -0.39 is 5.82 Å². The summed E-state index contributed by atoms with van der Waals surface area (Å²) in [7, 11) is 2.17. The minimum Gasteiger partial charge on any atom is -0.397 e. The van der Waals surface area contributed by atoms with E-state index in [-0.39, 0.29) is 11.6 Å². The summed E-state index contributed by atoms with van der Waals surface area (Å²) in [5, 5.41) is 6.33. The number of nitrogens with two attached hydrogens (primary N) is 1. The Morgan fingerprint density at radius 3 is 2.65 bits per heavy atom. The summed E-state index contributed by atoms with van der Waals surface area (Å²) in [4.78, 5) is 17.7. The maximum absolute atomic E-state index is 13.3. The van der Waals surface area contributed by atoms with E-state index >= 15 is 0 Å². The van der Waals surface area contributed by atoms with Crippen LogP contribution in [0.2, 0.25) is 0 Å². The minimum absolute atomic E-state index is 0.214. The summed E-state index contributed by atoms with van der Waals surface area (Å²) in [6.45, 7) is 4.68. The number of carbonyl (C=O) groups excluding carboxylic acids is 1. The highest BCUT2D eigenvalue weighted by molar-refractivity contribution is 6.10. The molecule has 2 aliphatic heterocycles. The lowest BCUT2D eigenvalue weighted by Crippen LogP contribution is -2.44. The fourth-order valence-electron chi connectivity index (χ4n) is 4.47. The van der Waals surface area contributed by atoms with Crippen LogP contribution in [0.25, 0.3) is 6.08 Å². The van der Waals surface area contributed by atoms with Gasteiger partial charge in [-0.2, -0.15) is 0 Å². The highest BCUT2D eigenvalue weighted by Gasteiger charge is 2.33. The van der Waals surface area contributed by atoms with E-state index in [4.69, 9.17) is 5.73 Å². The van der Waals surface area contributed by atoms with Crippen molar-refractivity contribution < 1.29 is 9.18 Å². The van der Waals surface area contributed by atoms with Gasteiger partial charge >= 0.3 is 0 Å². The topological polar surface area (TPSA) is 73.6 Å². The first-order valence-electron chi connectivity index (χ1n) is 10.9. The van der Waals surface area contributed by atoms with Gasteiger partial charge in [0.15, 0.2) is 0 Å². The van der Waals surface area contributed by atoms with Crippen LogP contribution in [0, 0.1) is 5.82 Å². The molecule has 0 atom stereocenters. The van der Waals surface area contributed by atoms with Crippen LogP contribution >= 0.6 is 0 Å². The second-order valence-corrected chi connectivity index (χ2v) is 8.74. The van der Waals surface area contributed by atoms with Gasteiger partial charge in [-0.05, 0) is 61.7 Å². The quantitative estimate of drug-likeness (QED) is 0.659. The number of hydrogen-bond donors (Lipinski definition) is 3. The standard InChI is InChI=1S/C24H28FN5O/c1-29-8-10-30(11-9-29)21-7-4-16-12-17(14-27-23(16)22(21)15-2-3-15)24(31)28-20-6-5-18(25)13-19(20)26/h4-7,12-13,15,27H,2-3,8-11,14,26H2,1H3,(H,28,31). The highest BCUT2D eigenvalue weighted by Crippen LogP contribution is 2.50. The molecule has 3 aliphatic rings. The number of rotatable bonds is 4. The third-order valence-corrected chi connectivity index (χ3v) is 6.42. The van der Waals surface area contributed by atoms with Crippen LogP contribution in [-0.2, 0) is 4.79 Å². The molecule has 2 aromatic carbocycles. The zero-order chi connectivity index (χ0) is 21.5. The molecular weight excluding hydrogens is 393 g/mol. The molecule has 1 aliphatic carbocycles. The van der Waals surface area contributed by atoms with Crippen molar-refractivity contribution in [2.24, 2.45) is 0 Å². The second-order valence-electron chi connectivity index (χ2n) is 8.74. The molecule has 1 amide bonds. The maximum atomic E-state index is 13.3. The number of hydrogen-bond acceptors (Lipinski definition) is 5. The number of benzene rings is 2. The normalized spacial score (nSPS) is 18.8. The first-order chi connectivity index (χ1) is 15.0. The molecule has 6 nitrogen and oxygen atoms in total. The van der Waals surface area contributed by atoms with Crippen molar-refractivity contribution in [3.8, 4) is 0 Å². The molecule has 4 N–H and O–H groups in total. The Morgan fingerprint density at radius 1 is 1.16 bits per heavy atom. The van der Waals surface area contributed by atoms with Crippen molar-refractivity contribution in [1.29, 1.82) is 0 Å². The number of likely N-dealkylation sites (N-methyl/N-ethyl adjacent to an activating group) is 1. The van der Waals surface area contributed by atoms with Gasteiger partial charge in [0, 0.05) is 55.2 Å². The molecule has 0 bridgehead atoms. The Bertz CT molecular complexity index is 1050. The Balaban J connectivity index is 1.41. The van der Waals surface area contributed by atoms with E-state index in [0.29, 0.717) is 23.7 Å². The molecule has 2 aromatic rings. The van der Waals surface area contributed by atoms with Gasteiger partial charge in [-0.25, -0.2) is 4.39 Å². The number of piperazine rings is 1. The lowest BCUT2D eigenvalue weighted by Gasteiger charge is -2.36. The van der Waals surface area contributed by atoms with E-state index in [1.54, 1.807) is 0 Å². The van der Waals surface area contributed by atoms with Crippen LogP contribution < -0.4 is 21.3 Å². The van der Waals surface area contributed by atoms with Crippen molar-refractivity contribution in [2.45, 2.75) is 18.8 Å². The lowest BCUT2D eigenvalue weighted by molar-refractivity contribution is -0.112. The summed E-state index contributed by atoms with van der Waals surface area (Å²) in [5.74, 6) is -0.0563. The van der Waals surface area contributed by atoms with Crippen LogP contribution in [0.5, 0.6) is 0 Å². The number of nitrogens with one attached hydrogen (secondary N) is 2. The van der Waals surface area contributed by atoms with Crippen LogP contribution in [0.4, 0.5) is 27.1 Å². The minimum atomic E-state index is -0.424. The molecule has 2 fully saturated rings. The molecule has 1 saturated carbocycles. The maximum Gasteiger partial charge on any atom is 0.253 e. The zero-order valence-corrected chi connectivity index (χ0v) is 17.7. The molecule has 162 valence electrons. The van der Waals surface area contributed by atoms with Crippen LogP contribution in [0.3, 0.4) is 0 Å². The number of amides is 1. The number of halogens is 1. The number of carbonyl (C=O) groups is 1. The van der Waals surface area contributed by atoms with Crippen LogP contribution in [0.1, 0.15) is 29.9 Å². The van der Waals surface area contributed by atoms with E-state index in [9.17, 15) is 9.18 Å². The molecule has 0 unspecified atom stereocenters. The molecule has 0 spiro atoms. The lowest BCUT2D eigenvalue weighted by atomic mass is 9.95. The number of fused-ring (bicyclic) bond motifs is 1. The fourth-order valence-corrected chi connectivity index (χ4v) is 4.47. The SMILES string of the molecule is CN1CCN(c2ccc3c(c2C2CC2)NCC(C(=O)Nc2ccc(F)cc2N)=C3)CC1. The van der Waals surface area contributed by atoms with E-state index in [0.717, 1.165) is 37.4 Å². The van der Waals surface area contributed by atoms with Gasteiger partial charge in [-0.15, -0.1) is 0 Å². The average Bonchev–Trinajstić information content (AvgIpc) is 3.60. The van der Waals surface area contributed by atoms with Gasteiger partial charge in [-0.1, -0.05) is 6.07 Å². The summed E-state index contributed by atoms with van der Waals surface area (Å²) < 4.78 is 13.3. The van der Waals surface area contributed by atoms with Gasteiger partial charge in [-0.3, -0.25) is 4.79 Å². The summed E-state index contributed by atoms with van der Waals surface area (Å²) in [5.41, 5.74) is 12.0. The number of nitrogens with zero attached hydrogens (tertiary/aromatic N) is 2. The molecule has 0 aromatic heterocycles. The average molecular weight is 422 g/mol. The molecular formula is C24H28FN5O. The van der Waals surface area contributed by atoms with Crippen molar-refractivity contribution in [3.63, 3.8) is 0 Å². The summed E-state index contributed by atoms with van der Waals surface area (Å²) in [6, 6.07) is 8.31. The zero-order valence-electron chi connectivity index (χ0n) is 17.7. The first-order valence-corrected chi connectivity index (χ1v) is 10.9. The van der Waals surface area contributed by atoms with Crippen molar-refractivity contribution in [2.75, 3.05) is 61.0 Å². The predicted octanol–water partition coefficient (Wildman–Crippen LogP) is 3.48. The summed E-state index contributed by atoms with van der Waals surface area (Å²) >= 11 is 0. The molecule has 31 heavy (non-hydrogen) atoms. The van der Waals surface area contributed by atoms with E-state index in [2.05, 4.69) is 39.6 Å². The molecule has 0 radical (unpaired) electrons. The Labute approximate surface area is 181 Å². The van der Waals surface area contributed by atoms with Gasteiger partial charge in [0.25, 0.3) is 5.91 Å². The van der Waals surface area contributed by atoms with Crippen molar-refractivity contribution in [3.05, 3.63) is 52.8 Å².